The average Bonchev–Trinajstić information content (AvgIpc) is 2.58. The fraction of sp³-hybridized carbons (Fsp3) is 0.350. The minimum atomic E-state index is -0.880. The number of halogens is 2. The molecule has 0 heterocycles. The van der Waals surface area contributed by atoms with E-state index in [1.807, 2.05) is 13.8 Å². The van der Waals surface area contributed by atoms with Crippen LogP contribution < -0.4 is 10.1 Å². The first-order chi connectivity index (χ1) is 12.3. The Labute approximate surface area is 157 Å². The maximum absolute atomic E-state index is 13.0. The van der Waals surface area contributed by atoms with Crippen molar-refractivity contribution in [2.24, 2.45) is 5.92 Å². The summed E-state index contributed by atoms with van der Waals surface area (Å²) in [4.78, 5) is 11.4. The van der Waals surface area contributed by atoms with Crippen LogP contribution in [-0.2, 0) is 17.9 Å². The summed E-state index contributed by atoms with van der Waals surface area (Å²) < 4.78 is 18.8. The molecular weight excluding hydrogens is 357 g/mol. The van der Waals surface area contributed by atoms with E-state index in [0.29, 0.717) is 23.7 Å². The molecule has 26 heavy (non-hydrogen) atoms. The molecule has 0 saturated heterocycles. The van der Waals surface area contributed by atoms with Crippen molar-refractivity contribution in [2.45, 2.75) is 39.5 Å². The normalized spacial score (nSPS) is 12.2. The number of rotatable bonds is 9. The standard InChI is InChI=1S/C20H23ClFNO3/c1-13(2)9-18(20(24)25)23-11-15-10-16(21)5-8-19(15)26-12-14-3-6-17(22)7-4-14/h3-8,10,13,18,23H,9,11-12H2,1-2H3,(H,24,25). The van der Waals surface area contributed by atoms with Crippen LogP contribution in [0.4, 0.5) is 4.39 Å². The van der Waals surface area contributed by atoms with Crippen LogP contribution in [0.3, 0.4) is 0 Å². The molecule has 0 aliphatic heterocycles. The van der Waals surface area contributed by atoms with Crippen LogP contribution in [0.5, 0.6) is 5.75 Å². The molecule has 0 amide bonds. The molecule has 4 nitrogen and oxygen atoms in total. The van der Waals surface area contributed by atoms with E-state index in [2.05, 4.69) is 5.32 Å². The lowest BCUT2D eigenvalue weighted by molar-refractivity contribution is -0.140. The zero-order valence-electron chi connectivity index (χ0n) is 14.8. The first-order valence-electron chi connectivity index (χ1n) is 8.47. The summed E-state index contributed by atoms with van der Waals surface area (Å²) in [5, 5.41) is 12.9. The van der Waals surface area contributed by atoms with E-state index in [1.54, 1.807) is 30.3 Å². The van der Waals surface area contributed by atoms with Gasteiger partial charge in [-0.3, -0.25) is 4.79 Å². The van der Waals surface area contributed by atoms with Gasteiger partial charge in [0, 0.05) is 17.1 Å². The second kappa shape index (κ2) is 9.55. The van der Waals surface area contributed by atoms with Crippen molar-refractivity contribution in [2.75, 3.05) is 0 Å². The number of carbonyl (C=O) groups is 1. The number of benzene rings is 2. The Bertz CT molecular complexity index is 734. The molecule has 0 aromatic heterocycles. The molecule has 2 N–H and O–H groups in total. The van der Waals surface area contributed by atoms with Crippen molar-refractivity contribution in [3.05, 3.63) is 64.4 Å². The molecule has 2 aromatic rings. The van der Waals surface area contributed by atoms with Crippen molar-refractivity contribution in [3.63, 3.8) is 0 Å². The minimum Gasteiger partial charge on any atom is -0.489 e. The number of hydrogen-bond acceptors (Lipinski definition) is 3. The van der Waals surface area contributed by atoms with E-state index >= 15 is 0 Å². The van der Waals surface area contributed by atoms with Crippen LogP contribution in [0.15, 0.2) is 42.5 Å². The Kier molecular flexibility index (Phi) is 7.42. The largest absolute Gasteiger partial charge is 0.489 e. The summed E-state index contributed by atoms with van der Waals surface area (Å²) in [5.41, 5.74) is 1.61. The zero-order valence-corrected chi connectivity index (χ0v) is 15.6. The summed E-state index contributed by atoms with van der Waals surface area (Å²) >= 11 is 6.07. The van der Waals surface area contributed by atoms with Crippen molar-refractivity contribution in [1.29, 1.82) is 0 Å². The van der Waals surface area contributed by atoms with E-state index in [-0.39, 0.29) is 18.3 Å². The third kappa shape index (κ3) is 6.32. The lowest BCUT2D eigenvalue weighted by atomic mass is 10.0. The van der Waals surface area contributed by atoms with Gasteiger partial charge in [-0.05, 0) is 48.2 Å². The molecular formula is C20H23ClFNO3. The van der Waals surface area contributed by atoms with Gasteiger partial charge in [0.25, 0.3) is 0 Å². The molecule has 0 aliphatic rings. The monoisotopic (exact) mass is 379 g/mol. The molecule has 6 heteroatoms. The Morgan fingerprint density at radius 1 is 1.23 bits per heavy atom. The Hall–Kier alpha value is -2.11. The molecule has 0 aliphatic carbocycles. The Morgan fingerprint density at radius 2 is 1.92 bits per heavy atom. The molecule has 1 unspecified atom stereocenters. The van der Waals surface area contributed by atoms with Gasteiger partial charge in [0.15, 0.2) is 0 Å². The van der Waals surface area contributed by atoms with Crippen LogP contribution in [0, 0.1) is 11.7 Å². The molecule has 140 valence electrons. The zero-order chi connectivity index (χ0) is 19.1. The molecule has 2 aromatic carbocycles. The van der Waals surface area contributed by atoms with Gasteiger partial charge in [0.1, 0.15) is 24.2 Å². The third-order valence-electron chi connectivity index (χ3n) is 3.87. The predicted molar refractivity (Wildman–Crippen MR) is 99.9 cm³/mol. The van der Waals surface area contributed by atoms with E-state index in [4.69, 9.17) is 16.3 Å². The molecule has 0 spiro atoms. The maximum atomic E-state index is 13.0. The topological polar surface area (TPSA) is 58.6 Å². The number of aliphatic carboxylic acids is 1. The van der Waals surface area contributed by atoms with Crippen molar-refractivity contribution in [1.82, 2.24) is 5.32 Å². The highest BCUT2D eigenvalue weighted by Crippen LogP contribution is 2.24. The van der Waals surface area contributed by atoms with Crippen LogP contribution in [0.2, 0.25) is 5.02 Å². The maximum Gasteiger partial charge on any atom is 0.320 e. The van der Waals surface area contributed by atoms with Crippen LogP contribution >= 0.6 is 11.6 Å². The van der Waals surface area contributed by atoms with Crippen molar-refractivity contribution < 1.29 is 19.0 Å². The molecule has 0 fully saturated rings. The molecule has 0 bridgehead atoms. The van der Waals surface area contributed by atoms with Gasteiger partial charge in [-0.2, -0.15) is 0 Å². The van der Waals surface area contributed by atoms with Gasteiger partial charge in [0.05, 0.1) is 0 Å². The lowest BCUT2D eigenvalue weighted by Gasteiger charge is -2.18. The van der Waals surface area contributed by atoms with Crippen LogP contribution in [0.25, 0.3) is 0 Å². The SMILES string of the molecule is CC(C)CC(NCc1cc(Cl)ccc1OCc1ccc(F)cc1)C(=O)O. The van der Waals surface area contributed by atoms with E-state index in [9.17, 15) is 14.3 Å². The minimum absolute atomic E-state index is 0.261. The van der Waals surface area contributed by atoms with Gasteiger partial charge in [-0.15, -0.1) is 0 Å². The number of carboxylic acid groups (broad SMARTS) is 1. The third-order valence-corrected chi connectivity index (χ3v) is 4.11. The lowest BCUT2D eigenvalue weighted by Crippen LogP contribution is -2.37. The second-order valence-electron chi connectivity index (χ2n) is 6.57. The fourth-order valence-electron chi connectivity index (χ4n) is 2.54. The summed E-state index contributed by atoms with van der Waals surface area (Å²) in [5.74, 6) is -0.304. The number of hydrogen-bond donors (Lipinski definition) is 2. The van der Waals surface area contributed by atoms with Gasteiger partial charge in [-0.25, -0.2) is 4.39 Å². The van der Waals surface area contributed by atoms with Gasteiger partial charge < -0.3 is 15.2 Å². The average molecular weight is 380 g/mol. The predicted octanol–water partition coefficient (Wildman–Crippen LogP) is 4.65. The number of carboxylic acids is 1. The summed E-state index contributed by atoms with van der Waals surface area (Å²) in [6.45, 7) is 4.56. The smallest absolute Gasteiger partial charge is 0.320 e. The number of ether oxygens (including phenoxy) is 1. The molecule has 0 radical (unpaired) electrons. The van der Waals surface area contributed by atoms with Crippen molar-refractivity contribution in [3.8, 4) is 5.75 Å². The summed E-state index contributed by atoms with van der Waals surface area (Å²) in [6.07, 6.45) is 0.529. The van der Waals surface area contributed by atoms with Gasteiger partial charge in [0.2, 0.25) is 0 Å². The fourth-order valence-corrected chi connectivity index (χ4v) is 2.74. The first-order valence-corrected chi connectivity index (χ1v) is 8.85. The van der Waals surface area contributed by atoms with Gasteiger partial charge >= 0.3 is 5.97 Å². The highest BCUT2D eigenvalue weighted by Gasteiger charge is 2.19. The van der Waals surface area contributed by atoms with E-state index in [1.165, 1.54) is 12.1 Å². The van der Waals surface area contributed by atoms with Crippen LogP contribution in [0.1, 0.15) is 31.4 Å². The Balaban J connectivity index is 2.06. The van der Waals surface area contributed by atoms with Crippen LogP contribution in [-0.4, -0.2) is 17.1 Å². The van der Waals surface area contributed by atoms with E-state index < -0.39 is 12.0 Å². The molecule has 0 saturated carbocycles. The highest BCUT2D eigenvalue weighted by atomic mass is 35.5. The summed E-state index contributed by atoms with van der Waals surface area (Å²) in [7, 11) is 0. The second-order valence-corrected chi connectivity index (χ2v) is 7.00. The van der Waals surface area contributed by atoms with Gasteiger partial charge in [-0.1, -0.05) is 37.6 Å². The van der Waals surface area contributed by atoms with Crippen molar-refractivity contribution >= 4 is 17.6 Å². The molecule has 1 atom stereocenters. The highest BCUT2D eigenvalue weighted by molar-refractivity contribution is 6.30. The molecule has 2 rings (SSSR count). The number of nitrogens with one attached hydrogen (secondary N) is 1. The van der Waals surface area contributed by atoms with E-state index in [0.717, 1.165) is 11.1 Å². The quantitative estimate of drug-likeness (QED) is 0.666. The first kappa shape index (κ1) is 20.2. The Morgan fingerprint density at radius 3 is 2.54 bits per heavy atom. The summed E-state index contributed by atoms with van der Waals surface area (Å²) in [6, 6.07) is 10.7.